The van der Waals surface area contributed by atoms with Crippen molar-refractivity contribution in [1.29, 1.82) is 0 Å². The Kier molecular flexibility index (Phi) is 5.09. The van der Waals surface area contributed by atoms with Gasteiger partial charge in [-0.2, -0.15) is 5.10 Å². The zero-order valence-electron chi connectivity index (χ0n) is 17.5. The summed E-state index contributed by atoms with van der Waals surface area (Å²) in [5, 5.41) is 10.5. The minimum absolute atomic E-state index is 0.590. The summed E-state index contributed by atoms with van der Waals surface area (Å²) in [6, 6.07) is 17.6. The molecule has 3 heterocycles. The fourth-order valence-corrected chi connectivity index (χ4v) is 3.48. The molecule has 0 aliphatic rings. The van der Waals surface area contributed by atoms with Crippen LogP contribution in [0, 0.1) is 0 Å². The quantitative estimate of drug-likeness (QED) is 0.402. The van der Waals surface area contributed by atoms with Crippen molar-refractivity contribution < 1.29 is 9.47 Å². The Bertz CT molecular complexity index is 1380. The van der Waals surface area contributed by atoms with Gasteiger partial charge in [-0.1, -0.05) is 24.3 Å². The predicted molar refractivity (Wildman–Crippen MR) is 123 cm³/mol. The number of anilines is 2. The molecule has 0 aliphatic heterocycles. The van der Waals surface area contributed by atoms with E-state index in [1.165, 1.54) is 0 Å². The van der Waals surface area contributed by atoms with Gasteiger partial charge >= 0.3 is 0 Å². The van der Waals surface area contributed by atoms with Crippen molar-refractivity contribution in [1.82, 2.24) is 25.1 Å². The van der Waals surface area contributed by atoms with Gasteiger partial charge in [0, 0.05) is 35.3 Å². The molecule has 32 heavy (non-hydrogen) atoms. The topological polar surface area (TPSA) is 97.8 Å². The van der Waals surface area contributed by atoms with Crippen LogP contribution in [-0.2, 0) is 0 Å². The highest BCUT2D eigenvalue weighted by atomic mass is 16.5. The SMILES string of the molecule is COc1ccc(Nc2nc(-c3cccc(-c4cccnc4)c3)nc3cn[nH]c23)cc1OC. The fraction of sp³-hybridized carbons (Fsp3) is 0.0833. The van der Waals surface area contributed by atoms with E-state index in [2.05, 4.69) is 26.6 Å². The van der Waals surface area contributed by atoms with Crippen molar-refractivity contribution in [2.75, 3.05) is 19.5 Å². The van der Waals surface area contributed by atoms with Gasteiger partial charge in [0.2, 0.25) is 0 Å². The van der Waals surface area contributed by atoms with Crippen molar-refractivity contribution >= 4 is 22.5 Å². The van der Waals surface area contributed by atoms with Crippen LogP contribution in [0.5, 0.6) is 11.5 Å². The molecule has 0 amide bonds. The van der Waals surface area contributed by atoms with Gasteiger partial charge in [-0.3, -0.25) is 10.1 Å². The lowest BCUT2D eigenvalue weighted by Crippen LogP contribution is -2.00. The zero-order valence-corrected chi connectivity index (χ0v) is 17.5. The molecular weight excluding hydrogens is 404 g/mol. The number of H-pyrrole nitrogens is 1. The van der Waals surface area contributed by atoms with Gasteiger partial charge in [0.25, 0.3) is 0 Å². The van der Waals surface area contributed by atoms with E-state index in [1.807, 2.05) is 54.7 Å². The Labute approximate surface area is 184 Å². The summed E-state index contributed by atoms with van der Waals surface area (Å²) in [7, 11) is 3.21. The van der Waals surface area contributed by atoms with Crippen LogP contribution in [0.3, 0.4) is 0 Å². The first kappa shape index (κ1) is 19.5. The second-order valence-corrected chi connectivity index (χ2v) is 7.04. The number of hydrogen-bond acceptors (Lipinski definition) is 7. The molecule has 0 atom stereocenters. The molecule has 0 bridgehead atoms. The highest BCUT2D eigenvalue weighted by Gasteiger charge is 2.13. The van der Waals surface area contributed by atoms with Crippen LogP contribution >= 0.6 is 0 Å². The van der Waals surface area contributed by atoms with E-state index in [9.17, 15) is 0 Å². The minimum atomic E-state index is 0.590. The third-order valence-corrected chi connectivity index (χ3v) is 5.06. The lowest BCUT2D eigenvalue weighted by molar-refractivity contribution is 0.355. The van der Waals surface area contributed by atoms with Crippen molar-refractivity contribution in [2.45, 2.75) is 0 Å². The predicted octanol–water partition coefficient (Wildman–Crippen LogP) is 4.84. The Hall–Kier alpha value is -4.46. The Morgan fingerprint density at radius 2 is 1.66 bits per heavy atom. The normalized spacial score (nSPS) is 10.8. The Balaban J connectivity index is 1.56. The molecule has 0 fully saturated rings. The van der Waals surface area contributed by atoms with Gasteiger partial charge < -0.3 is 14.8 Å². The summed E-state index contributed by atoms with van der Waals surface area (Å²) in [6.45, 7) is 0. The number of ether oxygens (including phenoxy) is 2. The molecule has 5 rings (SSSR count). The number of rotatable bonds is 6. The van der Waals surface area contributed by atoms with Crippen LogP contribution in [0.1, 0.15) is 0 Å². The van der Waals surface area contributed by atoms with Crippen LogP contribution in [0.15, 0.2) is 73.2 Å². The monoisotopic (exact) mass is 424 g/mol. The molecule has 0 aliphatic carbocycles. The van der Waals surface area contributed by atoms with E-state index in [1.54, 1.807) is 26.6 Å². The zero-order chi connectivity index (χ0) is 21.9. The van der Waals surface area contributed by atoms with Crippen molar-refractivity contribution in [3.8, 4) is 34.0 Å². The number of fused-ring (bicyclic) bond motifs is 1. The number of methoxy groups -OCH3 is 2. The smallest absolute Gasteiger partial charge is 0.162 e. The van der Waals surface area contributed by atoms with Gasteiger partial charge in [0.1, 0.15) is 11.0 Å². The average Bonchev–Trinajstić information content (AvgIpc) is 3.34. The van der Waals surface area contributed by atoms with Crippen molar-refractivity contribution in [3.63, 3.8) is 0 Å². The number of pyridine rings is 1. The Morgan fingerprint density at radius 3 is 2.47 bits per heavy atom. The van der Waals surface area contributed by atoms with Gasteiger partial charge in [-0.25, -0.2) is 9.97 Å². The molecule has 8 nitrogen and oxygen atoms in total. The second-order valence-electron chi connectivity index (χ2n) is 7.04. The van der Waals surface area contributed by atoms with Crippen molar-refractivity contribution in [2.24, 2.45) is 0 Å². The van der Waals surface area contributed by atoms with Gasteiger partial charge in [-0.05, 0) is 29.8 Å². The Morgan fingerprint density at radius 1 is 0.812 bits per heavy atom. The molecule has 0 radical (unpaired) electrons. The van der Waals surface area contributed by atoms with Gasteiger partial charge in [0.15, 0.2) is 23.1 Å². The minimum Gasteiger partial charge on any atom is -0.493 e. The van der Waals surface area contributed by atoms with Gasteiger partial charge in [0.05, 0.1) is 20.4 Å². The largest absolute Gasteiger partial charge is 0.493 e. The van der Waals surface area contributed by atoms with Crippen LogP contribution < -0.4 is 14.8 Å². The van der Waals surface area contributed by atoms with Crippen LogP contribution in [-0.4, -0.2) is 39.4 Å². The average molecular weight is 424 g/mol. The summed E-state index contributed by atoms with van der Waals surface area (Å²) in [6.07, 6.45) is 5.28. The maximum Gasteiger partial charge on any atom is 0.162 e. The summed E-state index contributed by atoms with van der Waals surface area (Å²) in [4.78, 5) is 13.7. The van der Waals surface area contributed by atoms with Crippen molar-refractivity contribution in [3.05, 3.63) is 73.2 Å². The summed E-state index contributed by atoms with van der Waals surface area (Å²) in [5.41, 5.74) is 5.19. The van der Waals surface area contributed by atoms with Gasteiger partial charge in [-0.15, -0.1) is 0 Å². The first-order chi connectivity index (χ1) is 15.7. The molecule has 158 valence electrons. The van der Waals surface area contributed by atoms with E-state index in [-0.39, 0.29) is 0 Å². The lowest BCUT2D eigenvalue weighted by atomic mass is 10.0. The van der Waals surface area contributed by atoms with E-state index in [0.717, 1.165) is 22.4 Å². The lowest BCUT2D eigenvalue weighted by Gasteiger charge is -2.12. The molecule has 2 N–H and O–H groups in total. The summed E-state index contributed by atoms with van der Waals surface area (Å²) >= 11 is 0. The molecule has 0 saturated heterocycles. The number of nitrogens with one attached hydrogen (secondary N) is 2. The number of nitrogens with zero attached hydrogens (tertiary/aromatic N) is 4. The molecule has 0 spiro atoms. The number of hydrogen-bond donors (Lipinski definition) is 2. The molecule has 8 heteroatoms. The molecule has 5 aromatic rings. The number of aromatic amines is 1. The fourth-order valence-electron chi connectivity index (χ4n) is 3.48. The maximum atomic E-state index is 5.41. The van der Waals surface area contributed by atoms with E-state index < -0.39 is 0 Å². The first-order valence-corrected chi connectivity index (χ1v) is 9.96. The van der Waals surface area contributed by atoms with Crippen LogP contribution in [0.2, 0.25) is 0 Å². The number of aromatic nitrogens is 5. The summed E-state index contributed by atoms with van der Waals surface area (Å²) < 4.78 is 10.7. The van der Waals surface area contributed by atoms with Crippen LogP contribution in [0.25, 0.3) is 33.5 Å². The maximum absolute atomic E-state index is 5.41. The van der Waals surface area contributed by atoms with E-state index >= 15 is 0 Å². The molecule has 3 aromatic heterocycles. The molecule has 0 saturated carbocycles. The van der Waals surface area contributed by atoms with E-state index in [0.29, 0.717) is 34.2 Å². The highest BCUT2D eigenvalue weighted by molar-refractivity contribution is 5.89. The standard InChI is InChI=1S/C24H20N6O2/c1-31-20-9-8-18(12-21(20)32-2)27-24-22-19(14-26-30-22)28-23(29-24)16-6-3-5-15(11-16)17-7-4-10-25-13-17/h3-14H,1-2H3,(H,26,30)(H,27,28,29). The third kappa shape index (κ3) is 3.69. The molecule has 0 unspecified atom stereocenters. The number of benzene rings is 2. The molecule has 2 aromatic carbocycles. The van der Waals surface area contributed by atoms with Crippen LogP contribution in [0.4, 0.5) is 11.5 Å². The molecular formula is C24H20N6O2. The second kappa shape index (κ2) is 8.35. The third-order valence-electron chi connectivity index (χ3n) is 5.06. The highest BCUT2D eigenvalue weighted by Crippen LogP contribution is 2.33. The summed E-state index contributed by atoms with van der Waals surface area (Å²) in [5.74, 6) is 2.48. The van der Waals surface area contributed by atoms with E-state index in [4.69, 9.17) is 19.4 Å². The first-order valence-electron chi connectivity index (χ1n) is 9.96.